The van der Waals surface area contributed by atoms with Gasteiger partial charge in [-0.3, -0.25) is 0 Å². The number of aliphatic carboxylic acids is 1. The average Bonchev–Trinajstić information content (AvgIpc) is 2.78. The summed E-state index contributed by atoms with van der Waals surface area (Å²) in [6.45, 7) is -0.627. The summed E-state index contributed by atoms with van der Waals surface area (Å²) in [6, 6.07) is 8.04. The van der Waals surface area contributed by atoms with Crippen LogP contribution in [0, 0.1) is 5.92 Å². The lowest BCUT2D eigenvalue weighted by Crippen LogP contribution is -2.61. The molecule has 5 unspecified atom stereocenters. The first-order valence-corrected chi connectivity index (χ1v) is 10.7. The van der Waals surface area contributed by atoms with Gasteiger partial charge in [0.05, 0.1) is 12.2 Å². The van der Waals surface area contributed by atoms with Gasteiger partial charge in [0, 0.05) is 0 Å². The number of aliphatic hydroxyl groups is 3. The van der Waals surface area contributed by atoms with Crippen molar-refractivity contribution >= 4 is 11.9 Å². The van der Waals surface area contributed by atoms with Crippen LogP contribution in [0.1, 0.15) is 48.9 Å². The van der Waals surface area contributed by atoms with Gasteiger partial charge in [-0.05, 0) is 24.5 Å². The first kappa shape index (κ1) is 23.6. The zero-order valence-corrected chi connectivity index (χ0v) is 17.2. The number of carboxylic acids is 1. The van der Waals surface area contributed by atoms with E-state index in [0.717, 1.165) is 32.1 Å². The summed E-state index contributed by atoms with van der Waals surface area (Å²) in [5.41, 5.74) is 0.212. The summed E-state index contributed by atoms with van der Waals surface area (Å²) in [5, 5.41) is 40.2. The summed E-state index contributed by atoms with van der Waals surface area (Å²) in [5.74, 6) is -1.81. The third-order valence-electron chi connectivity index (χ3n) is 5.94. The van der Waals surface area contributed by atoms with Gasteiger partial charge in [0.25, 0.3) is 0 Å². The molecule has 1 heterocycles. The molecule has 4 N–H and O–H groups in total. The number of benzene rings is 1. The van der Waals surface area contributed by atoms with Gasteiger partial charge in [-0.2, -0.15) is 0 Å². The van der Waals surface area contributed by atoms with E-state index in [9.17, 15) is 30.0 Å². The van der Waals surface area contributed by atoms with Crippen LogP contribution >= 0.6 is 0 Å². The van der Waals surface area contributed by atoms with Gasteiger partial charge in [0.1, 0.15) is 18.3 Å². The number of ether oxygens (including phenoxy) is 3. The Labute approximate surface area is 180 Å². The lowest BCUT2D eigenvalue weighted by molar-refractivity contribution is -0.299. The molecule has 2 fully saturated rings. The van der Waals surface area contributed by atoms with Crippen molar-refractivity contribution in [3.05, 3.63) is 35.9 Å². The Morgan fingerprint density at radius 2 is 1.74 bits per heavy atom. The van der Waals surface area contributed by atoms with Crippen molar-refractivity contribution in [2.24, 2.45) is 5.92 Å². The number of carbonyl (C=O) groups excluding carboxylic acids is 1. The molecule has 1 aromatic rings. The third-order valence-corrected chi connectivity index (χ3v) is 5.94. The molecular weight excluding hydrogens is 408 g/mol. The summed E-state index contributed by atoms with van der Waals surface area (Å²) < 4.78 is 16.3. The maximum absolute atomic E-state index is 12.5. The van der Waals surface area contributed by atoms with Gasteiger partial charge >= 0.3 is 11.9 Å². The van der Waals surface area contributed by atoms with Crippen LogP contribution < -0.4 is 0 Å². The van der Waals surface area contributed by atoms with E-state index in [1.165, 1.54) is 12.1 Å². The summed E-state index contributed by atoms with van der Waals surface area (Å²) in [7, 11) is 0. The second-order valence-corrected chi connectivity index (χ2v) is 8.14. The number of carbonyl (C=O) groups is 2. The Bertz CT molecular complexity index is 719. The minimum Gasteiger partial charge on any atom is -0.479 e. The SMILES string of the molecule is O=C(OC1C(O)OC(CO)C(O)C1O[C@@H](CC1CCCCC1)C(=O)O)c1ccccc1. The molecule has 1 aromatic carbocycles. The minimum absolute atomic E-state index is 0.177. The van der Waals surface area contributed by atoms with Gasteiger partial charge in [-0.1, -0.05) is 50.3 Å². The molecular formula is C22H30O9. The number of rotatable bonds is 8. The zero-order chi connectivity index (χ0) is 22.4. The minimum atomic E-state index is -1.71. The van der Waals surface area contributed by atoms with Gasteiger partial charge in [0.2, 0.25) is 0 Å². The number of hydrogen-bond acceptors (Lipinski definition) is 8. The predicted octanol–water partition coefficient (Wildman–Crippen LogP) is 1.09. The zero-order valence-electron chi connectivity index (χ0n) is 17.2. The van der Waals surface area contributed by atoms with Crippen LogP contribution in [-0.4, -0.2) is 75.8 Å². The summed E-state index contributed by atoms with van der Waals surface area (Å²) >= 11 is 0. The van der Waals surface area contributed by atoms with Gasteiger partial charge in [-0.15, -0.1) is 0 Å². The average molecular weight is 438 g/mol. The highest BCUT2D eigenvalue weighted by molar-refractivity contribution is 5.89. The first-order valence-electron chi connectivity index (χ1n) is 10.7. The third kappa shape index (κ3) is 6.02. The lowest BCUT2D eigenvalue weighted by atomic mass is 9.85. The van der Waals surface area contributed by atoms with E-state index in [0.29, 0.717) is 0 Å². The highest BCUT2D eigenvalue weighted by Gasteiger charge is 2.49. The standard InChI is InChI=1S/C22H30O9/c23-12-16-17(24)18(29-15(20(25)26)11-13-7-3-1-4-8-13)19(22(28)30-16)31-21(27)14-9-5-2-6-10-14/h2,5-6,9-10,13,15-19,22-24,28H,1,3-4,7-8,11-12H2,(H,25,26)/t15-,16?,17?,18?,19?,22?/m0/s1. The number of carboxylic acid groups (broad SMARTS) is 1. The first-order chi connectivity index (χ1) is 14.9. The Balaban J connectivity index is 1.78. The molecule has 0 radical (unpaired) electrons. The Kier molecular flexibility index (Phi) is 8.39. The van der Waals surface area contributed by atoms with E-state index < -0.39 is 55.4 Å². The topological polar surface area (TPSA) is 143 Å². The molecule has 6 atom stereocenters. The molecule has 0 bridgehead atoms. The van der Waals surface area contributed by atoms with Crippen LogP contribution in [0.5, 0.6) is 0 Å². The number of esters is 1. The Morgan fingerprint density at radius 1 is 1.06 bits per heavy atom. The predicted molar refractivity (Wildman–Crippen MR) is 107 cm³/mol. The molecule has 31 heavy (non-hydrogen) atoms. The molecule has 172 valence electrons. The maximum Gasteiger partial charge on any atom is 0.338 e. The van der Waals surface area contributed by atoms with Crippen molar-refractivity contribution in [2.75, 3.05) is 6.61 Å². The lowest BCUT2D eigenvalue weighted by Gasteiger charge is -2.42. The molecule has 1 saturated carbocycles. The van der Waals surface area contributed by atoms with Crippen molar-refractivity contribution in [1.29, 1.82) is 0 Å². The van der Waals surface area contributed by atoms with Crippen LogP contribution in [0.4, 0.5) is 0 Å². The molecule has 0 amide bonds. The van der Waals surface area contributed by atoms with Crippen LogP contribution in [0.3, 0.4) is 0 Å². The smallest absolute Gasteiger partial charge is 0.338 e. The van der Waals surface area contributed by atoms with Crippen molar-refractivity contribution in [3.8, 4) is 0 Å². The highest BCUT2D eigenvalue weighted by atomic mass is 16.7. The second kappa shape index (κ2) is 11.0. The van der Waals surface area contributed by atoms with Gasteiger partial charge < -0.3 is 34.6 Å². The molecule has 0 aromatic heterocycles. The fourth-order valence-electron chi connectivity index (χ4n) is 4.24. The van der Waals surface area contributed by atoms with Crippen molar-refractivity contribution in [1.82, 2.24) is 0 Å². The van der Waals surface area contributed by atoms with E-state index in [1.807, 2.05) is 0 Å². The number of aliphatic hydroxyl groups excluding tert-OH is 3. The fourth-order valence-corrected chi connectivity index (χ4v) is 4.24. The second-order valence-electron chi connectivity index (χ2n) is 8.14. The molecule has 0 spiro atoms. The van der Waals surface area contributed by atoms with Crippen LogP contribution in [-0.2, 0) is 19.0 Å². The Morgan fingerprint density at radius 3 is 2.35 bits per heavy atom. The quantitative estimate of drug-likeness (QED) is 0.439. The largest absolute Gasteiger partial charge is 0.479 e. The van der Waals surface area contributed by atoms with E-state index in [4.69, 9.17) is 14.2 Å². The fraction of sp³-hybridized carbons (Fsp3) is 0.636. The van der Waals surface area contributed by atoms with E-state index in [-0.39, 0.29) is 17.9 Å². The Hall–Kier alpha value is -2.04. The normalized spacial score (nSPS) is 30.5. The van der Waals surface area contributed by atoms with Crippen molar-refractivity contribution in [3.63, 3.8) is 0 Å². The monoisotopic (exact) mass is 438 g/mol. The molecule has 9 heteroatoms. The van der Waals surface area contributed by atoms with Crippen molar-refractivity contribution < 1.29 is 44.2 Å². The van der Waals surface area contributed by atoms with E-state index in [1.54, 1.807) is 18.2 Å². The van der Waals surface area contributed by atoms with E-state index >= 15 is 0 Å². The molecule has 9 nitrogen and oxygen atoms in total. The molecule has 2 aliphatic rings. The van der Waals surface area contributed by atoms with Gasteiger partial charge in [0.15, 0.2) is 18.5 Å². The molecule has 1 aliphatic heterocycles. The van der Waals surface area contributed by atoms with Crippen LogP contribution in [0.15, 0.2) is 30.3 Å². The molecule has 1 aliphatic carbocycles. The maximum atomic E-state index is 12.5. The number of hydrogen-bond donors (Lipinski definition) is 4. The van der Waals surface area contributed by atoms with Gasteiger partial charge in [-0.25, -0.2) is 9.59 Å². The highest BCUT2D eigenvalue weighted by Crippen LogP contribution is 2.31. The van der Waals surface area contributed by atoms with E-state index in [2.05, 4.69) is 0 Å². The van der Waals surface area contributed by atoms with Crippen LogP contribution in [0.25, 0.3) is 0 Å². The van der Waals surface area contributed by atoms with Crippen LogP contribution in [0.2, 0.25) is 0 Å². The molecule has 1 saturated heterocycles. The summed E-state index contributed by atoms with van der Waals surface area (Å²) in [4.78, 5) is 24.4. The van der Waals surface area contributed by atoms with Crippen molar-refractivity contribution in [2.45, 2.75) is 75.3 Å². The molecule has 3 rings (SSSR count). The summed E-state index contributed by atoms with van der Waals surface area (Å²) in [6.07, 6.45) is -3.32.